The van der Waals surface area contributed by atoms with Gasteiger partial charge in [0.1, 0.15) is 0 Å². The maximum atomic E-state index is 10.3. The third kappa shape index (κ3) is 1.74. The Morgan fingerprint density at radius 1 is 1.69 bits per heavy atom. The molecule has 1 aromatic heterocycles. The minimum Gasteiger partial charge on any atom is -0.489 e. The topological polar surface area (TPSA) is 62.8 Å². The fraction of sp³-hybridized carbons (Fsp3) is 0.375. The van der Waals surface area contributed by atoms with E-state index in [0.29, 0.717) is 12.1 Å². The normalized spacial score (nSPS) is 9.69. The average molecular weight is 183 g/mol. The Balaban J connectivity index is 3.26. The Kier molecular flexibility index (Phi) is 2.79. The van der Waals surface area contributed by atoms with Crippen LogP contribution in [0.3, 0.4) is 0 Å². The molecule has 0 bridgehead atoms. The summed E-state index contributed by atoms with van der Waals surface area (Å²) in [5.74, 6) is 0.259. The molecule has 0 aromatic carbocycles. The molecule has 5 nitrogen and oxygen atoms in total. The van der Waals surface area contributed by atoms with E-state index in [0.717, 1.165) is 4.73 Å². The molecule has 0 fully saturated rings. The third-order valence-electron chi connectivity index (χ3n) is 1.77. The van der Waals surface area contributed by atoms with Gasteiger partial charge < -0.3 is 4.74 Å². The molecule has 0 radical (unpaired) electrons. The molecule has 0 saturated carbocycles. The molecular formula is C8H11N2O3+. The molecule has 0 atom stereocenters. The monoisotopic (exact) mass is 183 g/mol. The summed E-state index contributed by atoms with van der Waals surface area (Å²) in [6.45, 7) is 1.86. The highest BCUT2D eigenvalue weighted by molar-refractivity contribution is 5.49. The van der Waals surface area contributed by atoms with E-state index in [2.05, 4.69) is 5.18 Å². The summed E-state index contributed by atoms with van der Waals surface area (Å²) in [7, 11) is 1.41. The second kappa shape index (κ2) is 3.84. The number of nitrogens with zero attached hydrogens (tertiary/aromatic N) is 2. The number of ether oxygens (including phenoxy) is 1. The smallest absolute Gasteiger partial charge is 0.266 e. The van der Waals surface area contributed by atoms with E-state index < -0.39 is 0 Å². The van der Waals surface area contributed by atoms with Crippen molar-refractivity contribution in [3.05, 3.63) is 22.9 Å². The summed E-state index contributed by atoms with van der Waals surface area (Å²) < 4.78 is 5.77. The van der Waals surface area contributed by atoms with Crippen LogP contribution >= 0.6 is 0 Å². The number of methoxy groups -OCH3 is 1. The Morgan fingerprint density at radius 2 is 2.38 bits per heavy atom. The van der Waals surface area contributed by atoms with Gasteiger partial charge in [-0.3, -0.25) is 5.21 Å². The second-order valence-electron chi connectivity index (χ2n) is 2.51. The summed E-state index contributed by atoms with van der Waals surface area (Å²) in [5, 5.41) is 12.1. The Morgan fingerprint density at radius 3 is 2.85 bits per heavy atom. The van der Waals surface area contributed by atoms with Crippen LogP contribution in [-0.2, 0) is 6.42 Å². The molecule has 0 aliphatic heterocycles. The highest BCUT2D eigenvalue weighted by Crippen LogP contribution is 2.25. The van der Waals surface area contributed by atoms with Crippen LogP contribution in [0.25, 0.3) is 0 Å². The first-order valence-corrected chi connectivity index (χ1v) is 3.88. The lowest BCUT2D eigenvalue weighted by Crippen LogP contribution is -2.34. The van der Waals surface area contributed by atoms with Crippen molar-refractivity contribution >= 4 is 5.69 Å². The lowest BCUT2D eigenvalue weighted by molar-refractivity contribution is -0.909. The quantitative estimate of drug-likeness (QED) is 0.434. The SMILES string of the molecule is CCc1cc(N=O)c(OC)c[n+]1O. The van der Waals surface area contributed by atoms with E-state index in [1.807, 2.05) is 6.92 Å². The van der Waals surface area contributed by atoms with Crippen molar-refractivity contribution in [3.8, 4) is 5.75 Å². The van der Waals surface area contributed by atoms with Crippen LogP contribution in [0.15, 0.2) is 17.4 Å². The predicted molar refractivity (Wildman–Crippen MR) is 45.2 cm³/mol. The van der Waals surface area contributed by atoms with E-state index >= 15 is 0 Å². The van der Waals surface area contributed by atoms with Gasteiger partial charge in [-0.15, -0.1) is 4.91 Å². The minimum absolute atomic E-state index is 0.199. The number of aryl methyl sites for hydroxylation is 1. The van der Waals surface area contributed by atoms with Gasteiger partial charge in [-0.05, 0) is 5.18 Å². The van der Waals surface area contributed by atoms with Crippen LogP contribution in [0.4, 0.5) is 5.69 Å². The predicted octanol–water partition coefficient (Wildman–Crippen LogP) is 1.18. The van der Waals surface area contributed by atoms with Crippen molar-refractivity contribution in [1.82, 2.24) is 0 Å². The first-order chi connectivity index (χ1) is 6.22. The van der Waals surface area contributed by atoms with Gasteiger partial charge in [0.05, 0.1) is 7.11 Å². The third-order valence-corrected chi connectivity index (χ3v) is 1.77. The molecule has 0 aliphatic rings. The summed E-state index contributed by atoms with van der Waals surface area (Å²) >= 11 is 0. The standard InChI is InChI=1S/C8H11N2O3/c1-3-6-4-7(9-11)8(13-2)5-10(6)12/h4-5,12H,3H2,1-2H3/q+1. The van der Waals surface area contributed by atoms with Crippen LogP contribution in [0.1, 0.15) is 12.6 Å². The van der Waals surface area contributed by atoms with Gasteiger partial charge in [-0.25, -0.2) is 0 Å². The Bertz CT molecular complexity index is 325. The second-order valence-corrected chi connectivity index (χ2v) is 2.51. The molecular weight excluding hydrogens is 172 g/mol. The fourth-order valence-corrected chi connectivity index (χ4v) is 1.05. The van der Waals surface area contributed by atoms with Gasteiger partial charge in [-0.2, -0.15) is 0 Å². The van der Waals surface area contributed by atoms with E-state index in [1.54, 1.807) is 0 Å². The van der Waals surface area contributed by atoms with Crippen molar-refractivity contribution in [3.63, 3.8) is 0 Å². The molecule has 0 spiro atoms. The number of hydrogen-bond acceptors (Lipinski definition) is 4. The summed E-state index contributed by atoms with van der Waals surface area (Å²) in [6.07, 6.45) is 1.93. The first kappa shape index (κ1) is 9.44. The van der Waals surface area contributed by atoms with Crippen molar-refractivity contribution in [2.45, 2.75) is 13.3 Å². The van der Waals surface area contributed by atoms with Crippen LogP contribution in [0.5, 0.6) is 5.75 Å². The molecule has 1 N–H and O–H groups in total. The zero-order chi connectivity index (χ0) is 9.84. The number of rotatable bonds is 3. The lowest BCUT2D eigenvalue weighted by atomic mass is 10.2. The Hall–Kier alpha value is -1.65. The van der Waals surface area contributed by atoms with Crippen molar-refractivity contribution in [2.24, 2.45) is 5.18 Å². The summed E-state index contributed by atoms with van der Waals surface area (Å²) in [4.78, 5) is 10.3. The first-order valence-electron chi connectivity index (χ1n) is 3.88. The number of pyridine rings is 1. The van der Waals surface area contributed by atoms with Gasteiger partial charge in [0.25, 0.3) is 6.20 Å². The molecule has 1 rings (SSSR count). The largest absolute Gasteiger partial charge is 0.489 e. The van der Waals surface area contributed by atoms with E-state index in [4.69, 9.17) is 4.74 Å². The summed E-state index contributed by atoms with van der Waals surface area (Å²) in [6, 6.07) is 1.49. The van der Waals surface area contributed by atoms with Crippen LogP contribution in [0, 0.1) is 4.91 Å². The minimum atomic E-state index is 0.199. The highest BCUT2D eigenvalue weighted by atomic mass is 16.5. The van der Waals surface area contributed by atoms with Crippen LogP contribution < -0.4 is 9.47 Å². The van der Waals surface area contributed by atoms with Gasteiger partial charge >= 0.3 is 0 Å². The van der Waals surface area contributed by atoms with Crippen molar-refractivity contribution < 1.29 is 14.7 Å². The van der Waals surface area contributed by atoms with E-state index in [-0.39, 0.29) is 11.4 Å². The van der Waals surface area contributed by atoms with Crippen molar-refractivity contribution in [1.29, 1.82) is 0 Å². The maximum Gasteiger partial charge on any atom is 0.266 e. The maximum absolute atomic E-state index is 10.3. The lowest BCUT2D eigenvalue weighted by Gasteiger charge is -1.99. The summed E-state index contributed by atoms with van der Waals surface area (Å²) in [5.41, 5.74) is 0.806. The van der Waals surface area contributed by atoms with Gasteiger partial charge in [0, 0.05) is 17.2 Å². The van der Waals surface area contributed by atoms with Crippen molar-refractivity contribution in [2.75, 3.05) is 7.11 Å². The van der Waals surface area contributed by atoms with E-state index in [9.17, 15) is 10.1 Å². The molecule has 0 saturated heterocycles. The zero-order valence-electron chi connectivity index (χ0n) is 7.52. The molecule has 1 heterocycles. The molecule has 0 unspecified atom stereocenters. The molecule has 70 valence electrons. The number of hydrogen-bond donors (Lipinski definition) is 1. The van der Waals surface area contributed by atoms with Gasteiger partial charge in [0.2, 0.25) is 11.4 Å². The molecule has 0 amide bonds. The molecule has 0 aliphatic carbocycles. The number of nitroso groups, excluding NO2 is 1. The Labute approximate surface area is 75.5 Å². The van der Waals surface area contributed by atoms with Gasteiger partial charge in [-0.1, -0.05) is 6.92 Å². The molecule has 1 aromatic rings. The van der Waals surface area contributed by atoms with Crippen LogP contribution in [0.2, 0.25) is 0 Å². The zero-order valence-corrected chi connectivity index (χ0v) is 7.52. The molecule has 13 heavy (non-hydrogen) atoms. The number of aromatic nitrogens is 1. The van der Waals surface area contributed by atoms with E-state index in [1.165, 1.54) is 19.4 Å². The average Bonchev–Trinajstić information content (AvgIpc) is 2.17. The fourth-order valence-electron chi connectivity index (χ4n) is 1.05. The van der Waals surface area contributed by atoms with Crippen LogP contribution in [-0.4, -0.2) is 12.3 Å². The highest BCUT2D eigenvalue weighted by Gasteiger charge is 2.16. The van der Waals surface area contributed by atoms with Gasteiger partial charge in [0.15, 0.2) is 5.69 Å². The molecule has 5 heteroatoms.